The third-order valence-corrected chi connectivity index (χ3v) is 5.70. The second-order valence-electron chi connectivity index (χ2n) is 7.44. The fraction of sp³-hybridized carbons (Fsp3) is 0.364. The average molecular weight is 380 g/mol. The average Bonchev–Trinajstić information content (AvgIpc) is 3.51. The van der Waals surface area contributed by atoms with Gasteiger partial charge in [-0.2, -0.15) is 0 Å². The second-order valence-corrected chi connectivity index (χ2v) is 7.44. The molecule has 1 spiro atoms. The molecule has 0 atom stereocenters. The van der Waals surface area contributed by atoms with Gasteiger partial charge in [0.1, 0.15) is 11.5 Å². The van der Waals surface area contributed by atoms with E-state index in [1.807, 2.05) is 17.0 Å². The molecule has 1 heterocycles. The van der Waals surface area contributed by atoms with Gasteiger partial charge in [0, 0.05) is 18.5 Å². The van der Waals surface area contributed by atoms with Crippen molar-refractivity contribution in [1.82, 2.24) is 10.2 Å². The smallest absolute Gasteiger partial charge is 0.255 e. The van der Waals surface area contributed by atoms with Gasteiger partial charge >= 0.3 is 0 Å². The number of benzene rings is 2. The lowest BCUT2D eigenvalue weighted by molar-refractivity contribution is -0.131. The maximum Gasteiger partial charge on any atom is 0.255 e. The van der Waals surface area contributed by atoms with Crippen LogP contribution >= 0.6 is 0 Å². The number of hydrogen-bond donors (Lipinski definition) is 1. The van der Waals surface area contributed by atoms with Crippen LogP contribution in [-0.2, 0) is 16.8 Å². The summed E-state index contributed by atoms with van der Waals surface area (Å²) in [5.74, 6) is 0.962. The largest absolute Gasteiger partial charge is 0.497 e. The Morgan fingerprint density at radius 3 is 2.61 bits per heavy atom. The van der Waals surface area contributed by atoms with Crippen LogP contribution in [0.2, 0.25) is 0 Å². The Morgan fingerprint density at radius 1 is 1.11 bits per heavy atom. The molecular weight excluding hydrogens is 356 g/mol. The number of amides is 2. The van der Waals surface area contributed by atoms with Crippen molar-refractivity contribution < 1.29 is 19.1 Å². The normalized spacial score (nSPS) is 16.3. The molecule has 0 saturated heterocycles. The van der Waals surface area contributed by atoms with E-state index in [-0.39, 0.29) is 23.8 Å². The van der Waals surface area contributed by atoms with Crippen LogP contribution in [0.5, 0.6) is 11.5 Å². The molecule has 1 N–H and O–H groups in total. The van der Waals surface area contributed by atoms with Crippen molar-refractivity contribution in [1.29, 1.82) is 0 Å². The maximum absolute atomic E-state index is 12.8. The monoisotopic (exact) mass is 380 g/mol. The maximum atomic E-state index is 12.8. The van der Waals surface area contributed by atoms with E-state index < -0.39 is 0 Å². The molecule has 1 aliphatic carbocycles. The van der Waals surface area contributed by atoms with Crippen LogP contribution in [-0.4, -0.2) is 44.0 Å². The lowest BCUT2D eigenvalue weighted by Gasteiger charge is -2.35. The van der Waals surface area contributed by atoms with Crippen molar-refractivity contribution in [2.75, 3.05) is 27.3 Å². The van der Waals surface area contributed by atoms with Crippen LogP contribution in [0, 0.1) is 0 Å². The molecule has 1 fully saturated rings. The summed E-state index contributed by atoms with van der Waals surface area (Å²) < 4.78 is 10.6. The topological polar surface area (TPSA) is 67.9 Å². The van der Waals surface area contributed by atoms with Crippen molar-refractivity contribution in [2.45, 2.75) is 24.8 Å². The summed E-state index contributed by atoms with van der Waals surface area (Å²) in [4.78, 5) is 27.1. The molecule has 2 aliphatic rings. The fourth-order valence-corrected chi connectivity index (χ4v) is 3.98. The summed E-state index contributed by atoms with van der Waals surface area (Å²) in [5.41, 5.74) is 2.93. The molecule has 2 aromatic carbocycles. The van der Waals surface area contributed by atoms with E-state index in [0.29, 0.717) is 24.4 Å². The lowest BCUT2D eigenvalue weighted by atomic mass is 9.86. The van der Waals surface area contributed by atoms with Gasteiger partial charge in [0.05, 0.1) is 26.3 Å². The van der Waals surface area contributed by atoms with Crippen LogP contribution in [0.1, 0.15) is 34.3 Å². The van der Waals surface area contributed by atoms with Gasteiger partial charge in [0.25, 0.3) is 5.91 Å². The van der Waals surface area contributed by atoms with Crippen molar-refractivity contribution in [3.8, 4) is 11.5 Å². The first kappa shape index (κ1) is 18.3. The number of para-hydroxylation sites is 1. The van der Waals surface area contributed by atoms with E-state index in [1.165, 1.54) is 12.7 Å². The molecule has 2 aromatic rings. The highest BCUT2D eigenvalue weighted by Gasteiger charge is 2.50. The Morgan fingerprint density at radius 2 is 1.89 bits per heavy atom. The quantitative estimate of drug-likeness (QED) is 0.866. The zero-order valence-corrected chi connectivity index (χ0v) is 16.2. The number of nitrogens with one attached hydrogen (secondary N) is 1. The molecule has 0 aromatic heterocycles. The standard InChI is InChI=1S/C22H24N2O4/c1-27-16-8-7-15-13-24(14-22(9-10-22)18(15)11-16)20(25)12-23-21(26)17-5-3-4-6-19(17)28-2/h3-8,11H,9-10,12-14H2,1-2H3,(H,23,26). The third-order valence-electron chi connectivity index (χ3n) is 5.70. The summed E-state index contributed by atoms with van der Waals surface area (Å²) in [7, 11) is 3.19. The van der Waals surface area contributed by atoms with Gasteiger partial charge in [0.15, 0.2) is 0 Å². The third kappa shape index (κ3) is 3.30. The van der Waals surface area contributed by atoms with Gasteiger partial charge in [-0.1, -0.05) is 18.2 Å². The number of rotatable bonds is 5. The second kappa shape index (κ2) is 7.19. The van der Waals surface area contributed by atoms with Crippen LogP contribution in [0.15, 0.2) is 42.5 Å². The Bertz CT molecular complexity index is 921. The van der Waals surface area contributed by atoms with Crippen LogP contribution in [0.25, 0.3) is 0 Å². The number of carbonyl (C=O) groups excluding carboxylic acids is 2. The molecule has 4 rings (SSSR count). The molecule has 6 nitrogen and oxygen atoms in total. The summed E-state index contributed by atoms with van der Waals surface area (Å²) in [6, 6.07) is 13.1. The van der Waals surface area contributed by atoms with E-state index >= 15 is 0 Å². The molecule has 0 bridgehead atoms. The number of hydrogen-bond acceptors (Lipinski definition) is 4. The summed E-state index contributed by atoms with van der Waals surface area (Å²) in [6.07, 6.45) is 2.15. The molecule has 0 radical (unpaired) electrons. The van der Waals surface area contributed by atoms with Crippen molar-refractivity contribution in [3.05, 3.63) is 59.2 Å². The number of nitrogens with zero attached hydrogens (tertiary/aromatic N) is 1. The van der Waals surface area contributed by atoms with Gasteiger partial charge in [-0.25, -0.2) is 0 Å². The molecule has 1 saturated carbocycles. The molecule has 28 heavy (non-hydrogen) atoms. The van der Waals surface area contributed by atoms with E-state index in [4.69, 9.17) is 9.47 Å². The van der Waals surface area contributed by atoms with Crippen LogP contribution in [0.4, 0.5) is 0 Å². The highest BCUT2D eigenvalue weighted by Crippen LogP contribution is 2.53. The minimum Gasteiger partial charge on any atom is -0.497 e. The first-order valence-electron chi connectivity index (χ1n) is 9.43. The van der Waals surface area contributed by atoms with Crippen LogP contribution < -0.4 is 14.8 Å². The van der Waals surface area contributed by atoms with Gasteiger partial charge in [-0.15, -0.1) is 0 Å². The number of ether oxygens (including phenoxy) is 2. The van der Waals surface area contributed by atoms with Gasteiger partial charge in [0.2, 0.25) is 5.91 Å². The summed E-state index contributed by atoms with van der Waals surface area (Å²) in [6.45, 7) is 1.22. The number of fused-ring (bicyclic) bond motifs is 2. The molecule has 2 amide bonds. The first-order valence-corrected chi connectivity index (χ1v) is 9.43. The SMILES string of the molecule is COc1ccc2c(c1)C1(CC1)CN(C(=O)CNC(=O)c1ccccc1OC)C2. The van der Waals surface area contributed by atoms with E-state index in [9.17, 15) is 9.59 Å². The Kier molecular flexibility index (Phi) is 4.71. The lowest BCUT2D eigenvalue weighted by Crippen LogP contribution is -2.46. The molecule has 1 aliphatic heterocycles. The summed E-state index contributed by atoms with van der Waals surface area (Å²) >= 11 is 0. The molecular formula is C22H24N2O4. The van der Waals surface area contributed by atoms with Crippen molar-refractivity contribution in [2.24, 2.45) is 0 Å². The number of carbonyl (C=O) groups is 2. The zero-order valence-electron chi connectivity index (χ0n) is 16.2. The number of methoxy groups -OCH3 is 2. The molecule has 146 valence electrons. The fourth-order valence-electron chi connectivity index (χ4n) is 3.98. The highest BCUT2D eigenvalue weighted by atomic mass is 16.5. The zero-order chi connectivity index (χ0) is 19.7. The van der Waals surface area contributed by atoms with E-state index in [1.54, 1.807) is 31.4 Å². The Hall–Kier alpha value is -3.02. The van der Waals surface area contributed by atoms with Gasteiger partial charge in [-0.3, -0.25) is 9.59 Å². The van der Waals surface area contributed by atoms with E-state index in [0.717, 1.165) is 24.2 Å². The van der Waals surface area contributed by atoms with Gasteiger partial charge < -0.3 is 19.7 Å². The predicted molar refractivity (Wildman–Crippen MR) is 105 cm³/mol. The van der Waals surface area contributed by atoms with Crippen LogP contribution in [0.3, 0.4) is 0 Å². The summed E-state index contributed by atoms with van der Waals surface area (Å²) in [5, 5.41) is 2.73. The highest BCUT2D eigenvalue weighted by molar-refractivity contribution is 5.98. The van der Waals surface area contributed by atoms with Gasteiger partial charge in [-0.05, 0) is 48.2 Å². The van der Waals surface area contributed by atoms with E-state index in [2.05, 4.69) is 11.4 Å². The van der Waals surface area contributed by atoms with Crippen molar-refractivity contribution >= 4 is 11.8 Å². The van der Waals surface area contributed by atoms with Crippen molar-refractivity contribution in [3.63, 3.8) is 0 Å². The first-order chi connectivity index (χ1) is 13.6. The Labute approximate surface area is 164 Å². The minimum absolute atomic E-state index is 0.0293. The Balaban J connectivity index is 1.44. The minimum atomic E-state index is -0.311. The molecule has 0 unspecified atom stereocenters. The predicted octanol–water partition coefficient (Wildman–Crippen LogP) is 2.51. The molecule has 6 heteroatoms.